The number of hydrogen-bond donors (Lipinski definition) is 0. The summed E-state index contributed by atoms with van der Waals surface area (Å²) in [4.78, 5) is 27.0. The van der Waals surface area contributed by atoms with Crippen molar-refractivity contribution in [1.29, 1.82) is 0 Å². The molecule has 2 heterocycles. The van der Waals surface area contributed by atoms with Crippen molar-refractivity contribution in [1.82, 2.24) is 4.90 Å². The molecule has 0 spiro atoms. The van der Waals surface area contributed by atoms with Crippen molar-refractivity contribution in [2.24, 2.45) is 0 Å². The van der Waals surface area contributed by atoms with Crippen molar-refractivity contribution >= 4 is 16.9 Å². The minimum atomic E-state index is -0.193. The van der Waals surface area contributed by atoms with Crippen molar-refractivity contribution in [3.8, 4) is 0 Å². The number of nitrogens with zero attached hydrogens (tertiary/aromatic N) is 1. The number of hydrogen-bond acceptors (Lipinski definition) is 3. The lowest BCUT2D eigenvalue weighted by atomic mass is 10.0. The van der Waals surface area contributed by atoms with Gasteiger partial charge in [0.1, 0.15) is 5.58 Å². The SMILES string of the molecule is O=C(c1cc(=O)c2ccccc2o1)N1CCCC1Cc1ccccc1. The Balaban J connectivity index is 1.62. The van der Waals surface area contributed by atoms with Crippen LogP contribution in [0.3, 0.4) is 0 Å². The molecule has 1 fully saturated rings. The molecule has 1 amide bonds. The van der Waals surface area contributed by atoms with Gasteiger partial charge < -0.3 is 9.32 Å². The molecule has 1 aliphatic heterocycles. The average molecular weight is 333 g/mol. The first-order chi connectivity index (χ1) is 12.2. The highest BCUT2D eigenvalue weighted by molar-refractivity contribution is 5.93. The molecule has 126 valence electrons. The van der Waals surface area contributed by atoms with Crippen LogP contribution in [0.15, 0.2) is 69.9 Å². The maximum atomic E-state index is 12.9. The van der Waals surface area contributed by atoms with Crippen LogP contribution in [-0.4, -0.2) is 23.4 Å². The number of para-hydroxylation sites is 1. The molecule has 4 rings (SSSR count). The highest BCUT2D eigenvalue weighted by Gasteiger charge is 2.31. The van der Waals surface area contributed by atoms with E-state index < -0.39 is 0 Å². The average Bonchev–Trinajstić information content (AvgIpc) is 3.10. The summed E-state index contributed by atoms with van der Waals surface area (Å²) in [5.41, 5.74) is 1.49. The predicted octanol–water partition coefficient (Wildman–Crippen LogP) is 3.64. The van der Waals surface area contributed by atoms with Gasteiger partial charge in [0.15, 0.2) is 11.2 Å². The summed E-state index contributed by atoms with van der Waals surface area (Å²) in [5.74, 6) is -0.0649. The summed E-state index contributed by atoms with van der Waals surface area (Å²) >= 11 is 0. The van der Waals surface area contributed by atoms with E-state index in [0.29, 0.717) is 17.5 Å². The van der Waals surface area contributed by atoms with Crippen LogP contribution in [0.4, 0.5) is 0 Å². The summed E-state index contributed by atoms with van der Waals surface area (Å²) in [5, 5.41) is 0.501. The zero-order valence-electron chi connectivity index (χ0n) is 13.9. The van der Waals surface area contributed by atoms with Gasteiger partial charge in [0.2, 0.25) is 0 Å². The summed E-state index contributed by atoms with van der Waals surface area (Å²) < 4.78 is 5.72. The number of carbonyl (C=O) groups excluding carboxylic acids is 1. The first-order valence-electron chi connectivity index (χ1n) is 8.60. The van der Waals surface area contributed by atoms with Crippen LogP contribution in [0.5, 0.6) is 0 Å². The normalized spacial score (nSPS) is 17.1. The number of carbonyl (C=O) groups is 1. The Labute approximate surface area is 145 Å². The third kappa shape index (κ3) is 3.07. The summed E-state index contributed by atoms with van der Waals surface area (Å²) in [6.45, 7) is 0.701. The molecule has 0 N–H and O–H groups in total. The van der Waals surface area contributed by atoms with E-state index in [1.165, 1.54) is 11.6 Å². The molecule has 0 saturated carbocycles. The zero-order valence-corrected chi connectivity index (χ0v) is 13.9. The van der Waals surface area contributed by atoms with E-state index >= 15 is 0 Å². The fourth-order valence-corrected chi connectivity index (χ4v) is 3.55. The molecule has 3 aromatic rings. The lowest BCUT2D eigenvalue weighted by molar-refractivity contribution is 0.0704. The maximum Gasteiger partial charge on any atom is 0.289 e. The van der Waals surface area contributed by atoms with Gasteiger partial charge >= 0.3 is 0 Å². The van der Waals surface area contributed by atoms with Crippen LogP contribution in [0.2, 0.25) is 0 Å². The molecule has 4 heteroatoms. The smallest absolute Gasteiger partial charge is 0.289 e. The molecule has 2 aromatic carbocycles. The molecule has 0 radical (unpaired) electrons. The third-order valence-corrected chi connectivity index (χ3v) is 4.80. The van der Waals surface area contributed by atoms with Crippen LogP contribution in [-0.2, 0) is 6.42 Å². The van der Waals surface area contributed by atoms with Gasteiger partial charge in [-0.3, -0.25) is 9.59 Å². The Bertz CT molecular complexity index is 962. The Morgan fingerprint density at radius 3 is 2.68 bits per heavy atom. The molecular weight excluding hydrogens is 314 g/mol. The first kappa shape index (κ1) is 15.6. The largest absolute Gasteiger partial charge is 0.451 e. The van der Waals surface area contributed by atoms with E-state index in [4.69, 9.17) is 4.42 Å². The Morgan fingerprint density at radius 1 is 1.08 bits per heavy atom. The molecule has 25 heavy (non-hydrogen) atoms. The third-order valence-electron chi connectivity index (χ3n) is 4.80. The van der Waals surface area contributed by atoms with Crippen molar-refractivity contribution in [3.05, 3.63) is 82.2 Å². The number of fused-ring (bicyclic) bond motifs is 1. The second-order valence-corrected chi connectivity index (χ2v) is 6.46. The van der Waals surface area contributed by atoms with E-state index in [2.05, 4.69) is 12.1 Å². The van der Waals surface area contributed by atoms with E-state index in [9.17, 15) is 9.59 Å². The predicted molar refractivity (Wildman–Crippen MR) is 96.7 cm³/mol. The highest BCUT2D eigenvalue weighted by atomic mass is 16.3. The quantitative estimate of drug-likeness (QED) is 0.735. The molecule has 0 aliphatic carbocycles. The van der Waals surface area contributed by atoms with Gasteiger partial charge in [0.05, 0.1) is 5.39 Å². The first-order valence-corrected chi connectivity index (χ1v) is 8.60. The van der Waals surface area contributed by atoms with Gasteiger partial charge in [-0.15, -0.1) is 0 Å². The van der Waals surface area contributed by atoms with Gasteiger partial charge in [-0.05, 0) is 37.0 Å². The monoisotopic (exact) mass is 333 g/mol. The standard InChI is InChI=1S/C21H19NO3/c23-18-14-20(25-19-11-5-4-10-17(18)19)21(24)22-12-6-9-16(22)13-15-7-2-1-3-8-15/h1-5,7-8,10-11,14,16H,6,9,12-13H2. The fraction of sp³-hybridized carbons (Fsp3) is 0.238. The number of rotatable bonds is 3. The molecule has 4 nitrogen and oxygen atoms in total. The van der Waals surface area contributed by atoms with Gasteiger partial charge in [-0.2, -0.15) is 0 Å². The molecule has 1 aromatic heterocycles. The van der Waals surface area contributed by atoms with E-state index in [1.54, 1.807) is 24.3 Å². The van der Waals surface area contributed by atoms with E-state index in [0.717, 1.165) is 19.3 Å². The van der Waals surface area contributed by atoms with Crippen molar-refractivity contribution < 1.29 is 9.21 Å². The van der Waals surface area contributed by atoms with Crippen LogP contribution in [0, 0.1) is 0 Å². The minimum absolute atomic E-state index is 0.128. The second kappa shape index (κ2) is 6.55. The lowest BCUT2D eigenvalue weighted by Gasteiger charge is -2.24. The Kier molecular flexibility index (Phi) is 4.10. The van der Waals surface area contributed by atoms with E-state index in [-0.39, 0.29) is 23.1 Å². The topological polar surface area (TPSA) is 50.5 Å². The Morgan fingerprint density at radius 2 is 1.84 bits per heavy atom. The highest BCUT2D eigenvalue weighted by Crippen LogP contribution is 2.24. The van der Waals surface area contributed by atoms with E-state index in [1.807, 2.05) is 23.1 Å². The minimum Gasteiger partial charge on any atom is -0.451 e. The molecule has 0 bridgehead atoms. The van der Waals surface area contributed by atoms with Crippen LogP contribution in [0.25, 0.3) is 11.0 Å². The zero-order chi connectivity index (χ0) is 17.2. The van der Waals surface area contributed by atoms with Gasteiger partial charge in [-0.25, -0.2) is 0 Å². The number of amides is 1. The van der Waals surface area contributed by atoms with Crippen molar-refractivity contribution in [3.63, 3.8) is 0 Å². The van der Waals surface area contributed by atoms with Gasteiger partial charge in [0.25, 0.3) is 5.91 Å². The number of likely N-dealkylation sites (tertiary alicyclic amines) is 1. The maximum absolute atomic E-state index is 12.9. The summed E-state index contributed by atoms with van der Waals surface area (Å²) in [6.07, 6.45) is 2.77. The van der Waals surface area contributed by atoms with Crippen LogP contribution >= 0.6 is 0 Å². The molecule has 1 unspecified atom stereocenters. The molecule has 1 aliphatic rings. The van der Waals surface area contributed by atoms with Crippen LogP contribution < -0.4 is 5.43 Å². The number of benzene rings is 2. The summed E-state index contributed by atoms with van der Waals surface area (Å²) in [7, 11) is 0. The molecule has 1 atom stereocenters. The van der Waals surface area contributed by atoms with Crippen LogP contribution in [0.1, 0.15) is 29.0 Å². The lowest BCUT2D eigenvalue weighted by Crippen LogP contribution is -2.37. The summed E-state index contributed by atoms with van der Waals surface area (Å²) in [6, 6.07) is 18.7. The van der Waals surface area contributed by atoms with Gasteiger partial charge in [-0.1, -0.05) is 42.5 Å². The molecular formula is C21H19NO3. The fourth-order valence-electron chi connectivity index (χ4n) is 3.55. The van der Waals surface area contributed by atoms with Crippen molar-refractivity contribution in [2.45, 2.75) is 25.3 Å². The second-order valence-electron chi connectivity index (χ2n) is 6.46. The van der Waals surface area contributed by atoms with Crippen molar-refractivity contribution in [2.75, 3.05) is 6.54 Å². The molecule has 1 saturated heterocycles. The van der Waals surface area contributed by atoms with Gasteiger partial charge in [0, 0.05) is 18.7 Å². The Hall–Kier alpha value is -2.88.